The number of halogens is 1. The molecule has 0 bridgehead atoms. The van der Waals surface area contributed by atoms with Gasteiger partial charge in [0.1, 0.15) is 21.0 Å². The van der Waals surface area contributed by atoms with Gasteiger partial charge in [0, 0.05) is 0 Å². The van der Waals surface area contributed by atoms with Crippen molar-refractivity contribution in [3.05, 3.63) is 75.1 Å². The SMILES string of the molecule is C=CC(Nc1onc(C)c1Cl)S(=O)(=O)c1c(C)csc1C(=O)Nc1c(C)cc(C)cc1S(=O)(=O)C(C=C)N(C)C. The molecule has 3 aromatic rings. The van der Waals surface area contributed by atoms with Crippen LogP contribution in [-0.2, 0) is 19.7 Å². The molecule has 0 radical (unpaired) electrons. The van der Waals surface area contributed by atoms with E-state index >= 15 is 0 Å². The fraction of sp³-hybridized carbons (Fsp3) is 0.308. The van der Waals surface area contributed by atoms with Gasteiger partial charge in [0.2, 0.25) is 15.7 Å². The molecule has 0 spiro atoms. The van der Waals surface area contributed by atoms with E-state index < -0.39 is 36.3 Å². The van der Waals surface area contributed by atoms with Crippen LogP contribution in [0.4, 0.5) is 11.6 Å². The van der Waals surface area contributed by atoms with Gasteiger partial charge in [-0.25, -0.2) is 16.8 Å². The predicted molar refractivity (Wildman–Crippen MR) is 159 cm³/mol. The van der Waals surface area contributed by atoms with Crippen molar-refractivity contribution in [1.82, 2.24) is 10.1 Å². The van der Waals surface area contributed by atoms with Crippen molar-refractivity contribution >= 4 is 60.1 Å². The zero-order valence-electron chi connectivity index (χ0n) is 22.9. The number of carbonyl (C=O) groups excluding carboxylic acids is 1. The predicted octanol–water partition coefficient (Wildman–Crippen LogP) is 5.12. The van der Waals surface area contributed by atoms with Gasteiger partial charge in [0.15, 0.2) is 15.2 Å². The van der Waals surface area contributed by atoms with Crippen LogP contribution in [0.25, 0.3) is 0 Å². The standard InChI is InChI=1S/C26H31ClN4O6S3/c1-9-19(28-26-21(27)17(6)30-37-26)40(35,36)24-16(5)13-38-23(24)25(32)29-22-15(4)11-14(3)12-18(22)39(33,34)20(10-2)31(7)8/h9-13,19-20,28H,1-2H2,3-8H3,(H,29,32). The lowest BCUT2D eigenvalue weighted by atomic mass is 10.1. The number of likely N-dealkylation sites (N-methyl/N-ethyl adjacent to an activating group) is 1. The third kappa shape index (κ3) is 5.88. The first-order valence-corrected chi connectivity index (χ1v) is 16.2. The number of hydrogen-bond acceptors (Lipinski definition) is 10. The third-order valence-electron chi connectivity index (χ3n) is 6.04. The average Bonchev–Trinajstić information content (AvgIpc) is 3.41. The van der Waals surface area contributed by atoms with Gasteiger partial charge in [-0.2, -0.15) is 0 Å². The van der Waals surface area contributed by atoms with E-state index in [1.807, 2.05) is 0 Å². The van der Waals surface area contributed by atoms with Crippen molar-refractivity contribution in [3.8, 4) is 0 Å². The van der Waals surface area contributed by atoms with Crippen LogP contribution in [0.5, 0.6) is 0 Å². The number of nitrogens with one attached hydrogen (secondary N) is 2. The van der Waals surface area contributed by atoms with Crippen molar-refractivity contribution in [2.45, 2.75) is 48.2 Å². The summed E-state index contributed by atoms with van der Waals surface area (Å²) in [5.41, 5.74) is 1.92. The van der Waals surface area contributed by atoms with Gasteiger partial charge in [-0.15, -0.1) is 17.9 Å². The molecule has 3 rings (SSSR count). The van der Waals surface area contributed by atoms with Crippen LogP contribution in [0.15, 0.2) is 57.1 Å². The normalized spacial score (nSPS) is 13.6. The van der Waals surface area contributed by atoms with Gasteiger partial charge < -0.3 is 15.2 Å². The first-order valence-electron chi connectivity index (χ1n) is 11.9. The highest BCUT2D eigenvalue weighted by Gasteiger charge is 2.35. The Morgan fingerprint density at radius 2 is 1.73 bits per heavy atom. The number of benzene rings is 1. The highest BCUT2D eigenvalue weighted by atomic mass is 35.5. The Kier molecular flexibility index (Phi) is 9.36. The van der Waals surface area contributed by atoms with E-state index in [0.717, 1.165) is 17.4 Å². The van der Waals surface area contributed by atoms with Crippen molar-refractivity contribution in [3.63, 3.8) is 0 Å². The molecule has 2 unspecified atom stereocenters. The molecule has 2 heterocycles. The van der Waals surface area contributed by atoms with Crippen molar-refractivity contribution in [2.24, 2.45) is 0 Å². The molecule has 0 saturated heterocycles. The molecule has 216 valence electrons. The molecule has 2 N–H and O–H groups in total. The number of nitrogens with zero attached hydrogens (tertiary/aromatic N) is 2. The summed E-state index contributed by atoms with van der Waals surface area (Å²) >= 11 is 7.07. The average molecular weight is 627 g/mol. The van der Waals surface area contributed by atoms with Crippen LogP contribution in [0, 0.1) is 27.7 Å². The van der Waals surface area contributed by atoms with Crippen molar-refractivity contribution in [1.29, 1.82) is 0 Å². The highest BCUT2D eigenvalue weighted by Crippen LogP contribution is 2.35. The zero-order chi connectivity index (χ0) is 30.2. The zero-order valence-corrected chi connectivity index (χ0v) is 26.1. The lowest BCUT2D eigenvalue weighted by Gasteiger charge is -2.24. The van der Waals surface area contributed by atoms with E-state index in [4.69, 9.17) is 16.1 Å². The van der Waals surface area contributed by atoms with Crippen LogP contribution < -0.4 is 10.6 Å². The molecule has 40 heavy (non-hydrogen) atoms. The minimum atomic E-state index is -4.26. The summed E-state index contributed by atoms with van der Waals surface area (Å²) in [4.78, 5) is 14.7. The van der Waals surface area contributed by atoms with E-state index in [9.17, 15) is 21.6 Å². The van der Waals surface area contributed by atoms with Gasteiger partial charge in [-0.3, -0.25) is 9.69 Å². The minimum absolute atomic E-state index is 0.0565. The molecule has 0 fully saturated rings. The summed E-state index contributed by atoms with van der Waals surface area (Å²) in [7, 11) is -5.07. The number of hydrogen-bond donors (Lipinski definition) is 2. The fourth-order valence-corrected chi connectivity index (χ4v) is 9.21. The Labute approximate surface area is 243 Å². The van der Waals surface area contributed by atoms with Crippen LogP contribution in [0.3, 0.4) is 0 Å². The second-order valence-corrected chi connectivity index (χ2v) is 14.7. The topological polar surface area (TPSA) is 139 Å². The van der Waals surface area contributed by atoms with Gasteiger partial charge >= 0.3 is 0 Å². The summed E-state index contributed by atoms with van der Waals surface area (Å²) in [6, 6.07) is 3.20. The summed E-state index contributed by atoms with van der Waals surface area (Å²) in [6.07, 6.45) is 2.45. The number of rotatable bonds is 11. The lowest BCUT2D eigenvalue weighted by molar-refractivity contribution is 0.102. The number of anilines is 2. The van der Waals surface area contributed by atoms with Gasteiger partial charge in [0.25, 0.3) is 5.91 Å². The highest BCUT2D eigenvalue weighted by molar-refractivity contribution is 7.92. The van der Waals surface area contributed by atoms with Crippen LogP contribution in [0.1, 0.15) is 32.1 Å². The minimum Gasteiger partial charge on any atom is -0.337 e. The molecule has 2 aromatic heterocycles. The first kappa shape index (κ1) is 31.6. The molecule has 0 aliphatic carbocycles. The van der Waals surface area contributed by atoms with Gasteiger partial charge in [0.05, 0.1) is 15.5 Å². The Bertz CT molecular complexity index is 1690. The third-order valence-corrected chi connectivity index (χ3v) is 12.0. The molecule has 2 atom stereocenters. The maximum absolute atomic E-state index is 13.8. The monoisotopic (exact) mass is 626 g/mol. The van der Waals surface area contributed by atoms with Crippen LogP contribution in [-0.4, -0.2) is 57.6 Å². The first-order chi connectivity index (χ1) is 18.6. The number of amides is 1. The Hall–Kier alpha value is -2.97. The second kappa shape index (κ2) is 11.9. The maximum atomic E-state index is 13.8. The van der Waals surface area contributed by atoms with E-state index in [1.165, 1.54) is 22.4 Å². The summed E-state index contributed by atoms with van der Waals surface area (Å²) < 4.78 is 59.8. The number of aromatic nitrogens is 1. The maximum Gasteiger partial charge on any atom is 0.267 e. The van der Waals surface area contributed by atoms with E-state index in [2.05, 4.69) is 28.9 Å². The number of sulfone groups is 2. The second-order valence-electron chi connectivity index (χ2n) is 9.38. The molecule has 0 aliphatic rings. The number of carbonyl (C=O) groups is 1. The molecular weight excluding hydrogens is 596 g/mol. The number of thiophene rings is 1. The lowest BCUT2D eigenvalue weighted by Crippen LogP contribution is -2.34. The van der Waals surface area contributed by atoms with Gasteiger partial charge in [-0.1, -0.05) is 41.6 Å². The largest absolute Gasteiger partial charge is 0.337 e. The summed E-state index contributed by atoms with van der Waals surface area (Å²) in [6.45, 7) is 13.8. The van der Waals surface area contributed by atoms with Crippen LogP contribution in [0.2, 0.25) is 5.02 Å². The molecule has 1 amide bonds. The summed E-state index contributed by atoms with van der Waals surface area (Å²) in [5, 5.41) is 8.23. The molecule has 0 aliphatic heterocycles. The quantitative estimate of drug-likeness (QED) is 0.278. The Morgan fingerprint density at radius 1 is 1.07 bits per heavy atom. The summed E-state index contributed by atoms with van der Waals surface area (Å²) in [5.74, 6) is -0.842. The Morgan fingerprint density at radius 3 is 2.25 bits per heavy atom. The van der Waals surface area contributed by atoms with Gasteiger partial charge in [-0.05, 0) is 69.9 Å². The Balaban J connectivity index is 2.09. The smallest absolute Gasteiger partial charge is 0.267 e. The molecule has 14 heteroatoms. The molecular formula is C26H31ClN4O6S3. The van der Waals surface area contributed by atoms with E-state index in [0.29, 0.717) is 22.4 Å². The van der Waals surface area contributed by atoms with Crippen molar-refractivity contribution < 1.29 is 26.2 Å². The molecule has 10 nitrogen and oxygen atoms in total. The van der Waals surface area contributed by atoms with Crippen LogP contribution >= 0.6 is 22.9 Å². The molecule has 0 saturated carbocycles. The molecule has 1 aromatic carbocycles. The van der Waals surface area contributed by atoms with E-state index in [1.54, 1.807) is 47.9 Å². The fourth-order valence-electron chi connectivity index (χ4n) is 4.14. The number of aryl methyl sites for hydroxylation is 4. The van der Waals surface area contributed by atoms with Crippen molar-refractivity contribution in [2.75, 3.05) is 24.7 Å². The van der Waals surface area contributed by atoms with E-state index in [-0.39, 0.29) is 31.3 Å².